The maximum absolute atomic E-state index is 12.5. The van der Waals surface area contributed by atoms with Crippen molar-refractivity contribution in [3.05, 3.63) is 101 Å². The first-order valence-electron chi connectivity index (χ1n) is 10.9. The van der Waals surface area contributed by atoms with E-state index in [4.69, 9.17) is 16.3 Å². The molecule has 0 aliphatic heterocycles. The van der Waals surface area contributed by atoms with E-state index in [-0.39, 0.29) is 12.5 Å². The van der Waals surface area contributed by atoms with Crippen LogP contribution in [0.15, 0.2) is 83.9 Å². The van der Waals surface area contributed by atoms with Gasteiger partial charge in [-0.2, -0.15) is 0 Å². The van der Waals surface area contributed by atoms with Crippen LogP contribution in [0, 0.1) is 6.92 Å². The van der Waals surface area contributed by atoms with E-state index >= 15 is 0 Å². The molecule has 0 aliphatic rings. The number of halogens is 1. The molecular formula is C28H25ClN2O2. The lowest BCUT2D eigenvalue weighted by molar-refractivity contribution is -0.118. The molecule has 4 aromatic carbocycles. The number of fused-ring (bicyclic) bond motifs is 1. The number of aliphatic imine (C=N–C) groups is 1. The van der Waals surface area contributed by atoms with Crippen molar-refractivity contribution >= 4 is 45.9 Å². The Balaban J connectivity index is 1.55. The molecule has 1 N–H and O–H groups in total. The Morgan fingerprint density at radius 3 is 2.58 bits per heavy atom. The zero-order valence-electron chi connectivity index (χ0n) is 18.6. The van der Waals surface area contributed by atoms with E-state index in [2.05, 4.69) is 29.4 Å². The van der Waals surface area contributed by atoms with Crippen LogP contribution in [-0.2, 0) is 11.2 Å². The van der Waals surface area contributed by atoms with Gasteiger partial charge in [0.05, 0.1) is 5.69 Å². The van der Waals surface area contributed by atoms with Gasteiger partial charge in [-0.15, -0.1) is 0 Å². The smallest absolute Gasteiger partial charge is 0.262 e. The molecule has 1 amide bonds. The first-order chi connectivity index (χ1) is 16.0. The van der Waals surface area contributed by atoms with Crippen molar-refractivity contribution in [2.45, 2.75) is 20.3 Å². The summed E-state index contributed by atoms with van der Waals surface area (Å²) in [6.45, 7) is 3.91. The highest BCUT2D eigenvalue weighted by Gasteiger charge is 2.10. The maximum Gasteiger partial charge on any atom is 0.262 e. The molecule has 0 saturated heterocycles. The fourth-order valence-corrected chi connectivity index (χ4v) is 3.68. The zero-order valence-corrected chi connectivity index (χ0v) is 19.4. The summed E-state index contributed by atoms with van der Waals surface area (Å²) < 4.78 is 5.92. The summed E-state index contributed by atoms with van der Waals surface area (Å²) in [7, 11) is 0. The Labute approximate surface area is 198 Å². The van der Waals surface area contributed by atoms with Gasteiger partial charge in [0.1, 0.15) is 5.75 Å². The van der Waals surface area contributed by atoms with Crippen molar-refractivity contribution in [1.82, 2.24) is 0 Å². The second kappa shape index (κ2) is 10.3. The van der Waals surface area contributed by atoms with Crippen molar-refractivity contribution in [3.63, 3.8) is 0 Å². The highest BCUT2D eigenvalue weighted by atomic mass is 35.5. The Morgan fingerprint density at radius 2 is 1.82 bits per heavy atom. The number of rotatable bonds is 7. The number of hydrogen-bond acceptors (Lipinski definition) is 3. The number of carbonyl (C=O) groups excluding carboxylic acids is 1. The highest BCUT2D eigenvalue weighted by Crippen LogP contribution is 2.28. The van der Waals surface area contributed by atoms with Gasteiger partial charge in [0.15, 0.2) is 6.61 Å². The number of hydrogen-bond donors (Lipinski definition) is 1. The number of aryl methyl sites for hydroxylation is 2. The van der Waals surface area contributed by atoms with E-state index < -0.39 is 0 Å². The van der Waals surface area contributed by atoms with E-state index in [9.17, 15) is 4.79 Å². The summed E-state index contributed by atoms with van der Waals surface area (Å²) in [5, 5.41) is 5.51. The van der Waals surface area contributed by atoms with Crippen LogP contribution in [-0.4, -0.2) is 18.7 Å². The van der Waals surface area contributed by atoms with Crippen LogP contribution in [0.1, 0.15) is 23.6 Å². The van der Waals surface area contributed by atoms with Gasteiger partial charge in [-0.25, -0.2) is 0 Å². The highest BCUT2D eigenvalue weighted by molar-refractivity contribution is 6.31. The molecular weight excluding hydrogens is 432 g/mol. The molecule has 0 bridgehead atoms. The molecule has 0 fully saturated rings. The Morgan fingerprint density at radius 1 is 1.03 bits per heavy atom. The summed E-state index contributed by atoms with van der Waals surface area (Å²) >= 11 is 6.15. The molecule has 4 rings (SSSR count). The van der Waals surface area contributed by atoms with Crippen molar-refractivity contribution in [2.75, 3.05) is 11.9 Å². The first-order valence-corrected chi connectivity index (χ1v) is 11.2. The first kappa shape index (κ1) is 22.6. The second-order valence-corrected chi connectivity index (χ2v) is 8.18. The third-order valence-corrected chi connectivity index (χ3v) is 5.84. The van der Waals surface area contributed by atoms with Crippen molar-refractivity contribution in [2.24, 2.45) is 4.99 Å². The van der Waals surface area contributed by atoms with E-state index in [1.807, 2.05) is 67.6 Å². The molecule has 4 aromatic rings. The average molecular weight is 457 g/mol. The monoisotopic (exact) mass is 456 g/mol. The fourth-order valence-electron chi connectivity index (χ4n) is 3.50. The molecule has 0 spiro atoms. The van der Waals surface area contributed by atoms with Crippen LogP contribution in [0.4, 0.5) is 11.4 Å². The Kier molecular flexibility index (Phi) is 7.06. The second-order valence-electron chi connectivity index (χ2n) is 7.78. The minimum Gasteiger partial charge on any atom is -0.483 e. The van der Waals surface area contributed by atoms with Crippen LogP contribution in [0.25, 0.3) is 10.8 Å². The van der Waals surface area contributed by atoms with Gasteiger partial charge < -0.3 is 10.1 Å². The van der Waals surface area contributed by atoms with Crippen molar-refractivity contribution in [1.29, 1.82) is 0 Å². The van der Waals surface area contributed by atoms with Crippen molar-refractivity contribution in [3.8, 4) is 5.75 Å². The third kappa shape index (κ3) is 5.60. The molecule has 4 nitrogen and oxygen atoms in total. The molecule has 0 heterocycles. The quantitative estimate of drug-likeness (QED) is 0.300. The number of nitrogens with zero attached hydrogens (tertiary/aromatic N) is 1. The largest absolute Gasteiger partial charge is 0.483 e. The molecule has 0 aliphatic carbocycles. The molecule has 0 radical (unpaired) electrons. The molecule has 5 heteroatoms. The predicted octanol–water partition coefficient (Wildman–Crippen LogP) is 7.13. The minimum absolute atomic E-state index is 0.129. The molecule has 0 atom stereocenters. The molecule has 33 heavy (non-hydrogen) atoms. The van der Waals surface area contributed by atoms with Crippen LogP contribution in [0.5, 0.6) is 5.75 Å². The molecule has 0 saturated carbocycles. The van der Waals surface area contributed by atoms with E-state index in [1.54, 1.807) is 12.3 Å². The lowest BCUT2D eigenvalue weighted by Crippen LogP contribution is -2.20. The van der Waals surface area contributed by atoms with E-state index in [0.717, 1.165) is 34.0 Å². The predicted molar refractivity (Wildman–Crippen MR) is 137 cm³/mol. The SMILES string of the molecule is CCc1ccc(N=Cc2c(OCC(=O)Nc3ccc(C)c(Cl)c3)ccc3ccccc23)cc1. The summed E-state index contributed by atoms with van der Waals surface area (Å²) in [5.74, 6) is 0.334. The fraction of sp³-hybridized carbons (Fsp3) is 0.143. The number of ether oxygens (including phenoxy) is 1. The van der Waals surface area contributed by atoms with Gasteiger partial charge in [0.25, 0.3) is 5.91 Å². The van der Waals surface area contributed by atoms with Gasteiger partial charge in [-0.3, -0.25) is 9.79 Å². The zero-order chi connectivity index (χ0) is 23.2. The maximum atomic E-state index is 12.5. The summed E-state index contributed by atoms with van der Waals surface area (Å²) in [6.07, 6.45) is 2.79. The summed E-state index contributed by atoms with van der Waals surface area (Å²) in [5.41, 5.74) is 4.55. The number of benzene rings is 4. The number of anilines is 1. The van der Waals surface area contributed by atoms with Crippen LogP contribution < -0.4 is 10.1 Å². The van der Waals surface area contributed by atoms with E-state index in [1.165, 1.54) is 5.56 Å². The van der Waals surface area contributed by atoms with Crippen LogP contribution in [0.3, 0.4) is 0 Å². The van der Waals surface area contributed by atoms with Gasteiger partial charge in [0.2, 0.25) is 0 Å². The van der Waals surface area contributed by atoms with Crippen LogP contribution >= 0.6 is 11.6 Å². The van der Waals surface area contributed by atoms with Crippen LogP contribution in [0.2, 0.25) is 5.02 Å². The van der Waals surface area contributed by atoms with Gasteiger partial charge in [-0.05, 0) is 65.6 Å². The number of nitrogens with one attached hydrogen (secondary N) is 1. The Hall–Kier alpha value is -3.63. The topological polar surface area (TPSA) is 50.7 Å². The number of carbonyl (C=O) groups is 1. The standard InChI is InChI=1S/C28H25ClN2O2/c1-3-20-9-13-22(14-10-20)30-17-25-24-7-5-4-6-21(24)11-15-27(25)33-18-28(32)31-23-12-8-19(2)26(29)16-23/h4-17H,3,18H2,1-2H3,(H,31,32). The molecule has 0 unspecified atom stereocenters. The van der Waals surface area contributed by atoms with Crippen molar-refractivity contribution < 1.29 is 9.53 Å². The molecule has 0 aromatic heterocycles. The lowest BCUT2D eigenvalue weighted by atomic mass is 10.0. The van der Waals surface area contributed by atoms with Gasteiger partial charge in [-0.1, -0.05) is 67.1 Å². The van der Waals surface area contributed by atoms with Gasteiger partial charge in [0, 0.05) is 22.5 Å². The molecule has 166 valence electrons. The van der Waals surface area contributed by atoms with Gasteiger partial charge >= 0.3 is 0 Å². The summed E-state index contributed by atoms with van der Waals surface area (Å²) in [4.78, 5) is 17.1. The summed E-state index contributed by atoms with van der Waals surface area (Å²) in [6, 6.07) is 25.5. The Bertz CT molecular complexity index is 1310. The average Bonchev–Trinajstić information content (AvgIpc) is 2.84. The minimum atomic E-state index is -0.263. The normalized spacial score (nSPS) is 11.1. The third-order valence-electron chi connectivity index (χ3n) is 5.43. The van der Waals surface area contributed by atoms with E-state index in [0.29, 0.717) is 16.5 Å². The number of amides is 1. The lowest BCUT2D eigenvalue weighted by Gasteiger charge is -2.12.